The van der Waals surface area contributed by atoms with Crippen LogP contribution in [0.2, 0.25) is 29.7 Å². The van der Waals surface area contributed by atoms with Gasteiger partial charge in [-0.15, -0.1) is 0 Å². The van der Waals surface area contributed by atoms with Crippen molar-refractivity contribution in [3.8, 4) is 0 Å². The summed E-state index contributed by atoms with van der Waals surface area (Å²) in [6, 6.07) is 1.19. The molecule has 0 saturated carbocycles. The van der Waals surface area contributed by atoms with Crippen LogP contribution in [0.25, 0.3) is 0 Å². The Kier molecular flexibility index (Phi) is 13.7. The SMILES string of the molecule is CC([SiH3])C(C)(C)[Si](C)(C)CCCOCC(O)CN(C)CC(O)C(O)C(O)C(O)CO. The molecule has 0 fully saturated rings. The average Bonchev–Trinajstić information content (AvgIpc) is 2.64. The van der Waals surface area contributed by atoms with E-state index in [1.807, 2.05) is 0 Å². The Labute approximate surface area is 186 Å². The lowest BCUT2D eigenvalue weighted by atomic mass is 10.0. The minimum atomic E-state index is -1.65. The quantitative estimate of drug-likeness (QED) is 0.122. The number of ether oxygens (including phenoxy) is 1. The highest BCUT2D eigenvalue weighted by Gasteiger charge is 2.40. The summed E-state index contributed by atoms with van der Waals surface area (Å²) < 4.78 is 5.64. The van der Waals surface area contributed by atoms with Gasteiger partial charge in [0.15, 0.2) is 0 Å². The molecule has 0 aliphatic rings. The van der Waals surface area contributed by atoms with Crippen molar-refractivity contribution in [3.05, 3.63) is 0 Å². The van der Waals surface area contributed by atoms with Crippen molar-refractivity contribution in [1.29, 1.82) is 0 Å². The molecule has 0 aromatic carbocycles. The van der Waals surface area contributed by atoms with E-state index in [-0.39, 0.29) is 19.7 Å². The van der Waals surface area contributed by atoms with Crippen LogP contribution in [0.15, 0.2) is 0 Å². The smallest absolute Gasteiger partial charge is 0.111 e. The summed E-state index contributed by atoms with van der Waals surface area (Å²) in [7, 11) is 1.50. The molecule has 0 aromatic rings. The van der Waals surface area contributed by atoms with Crippen LogP contribution in [0.1, 0.15) is 27.2 Å². The molecule has 0 aliphatic heterocycles. The van der Waals surface area contributed by atoms with Gasteiger partial charge in [-0.1, -0.05) is 45.5 Å². The molecule has 0 heterocycles. The van der Waals surface area contributed by atoms with Gasteiger partial charge >= 0.3 is 0 Å². The van der Waals surface area contributed by atoms with Crippen molar-refractivity contribution in [2.75, 3.05) is 40.0 Å². The number of hydrogen-bond acceptors (Lipinski definition) is 8. The molecule has 0 amide bonds. The number of aliphatic hydroxyl groups is 6. The molecule has 0 bridgehead atoms. The van der Waals surface area contributed by atoms with Gasteiger partial charge in [-0.3, -0.25) is 0 Å². The van der Waals surface area contributed by atoms with Crippen molar-refractivity contribution in [2.24, 2.45) is 0 Å². The second-order valence-corrected chi connectivity index (χ2v) is 17.4. The van der Waals surface area contributed by atoms with E-state index < -0.39 is 45.2 Å². The summed E-state index contributed by atoms with van der Waals surface area (Å²) in [6.07, 6.45) is -5.87. The van der Waals surface area contributed by atoms with E-state index in [4.69, 9.17) is 9.84 Å². The van der Waals surface area contributed by atoms with Gasteiger partial charge in [0.2, 0.25) is 0 Å². The summed E-state index contributed by atoms with van der Waals surface area (Å²) in [4.78, 5) is 1.62. The average molecular weight is 470 g/mol. The summed E-state index contributed by atoms with van der Waals surface area (Å²) >= 11 is 0. The third kappa shape index (κ3) is 9.72. The first-order valence-corrected chi connectivity index (χ1v) is 15.3. The Morgan fingerprint density at radius 1 is 1.00 bits per heavy atom. The van der Waals surface area contributed by atoms with E-state index in [1.165, 1.54) is 16.3 Å². The molecule has 6 N–H and O–H groups in total. The summed E-state index contributed by atoms with van der Waals surface area (Å²) in [6.45, 7) is 12.3. The fraction of sp³-hybridized carbons (Fsp3) is 1.00. The van der Waals surface area contributed by atoms with E-state index in [9.17, 15) is 25.5 Å². The second kappa shape index (κ2) is 13.6. The lowest BCUT2D eigenvalue weighted by Crippen LogP contribution is -2.50. The van der Waals surface area contributed by atoms with E-state index in [2.05, 4.69) is 33.9 Å². The normalized spacial score (nSPS) is 19.5. The zero-order valence-corrected chi connectivity index (χ0v) is 23.0. The Balaban J connectivity index is 4.21. The highest BCUT2D eigenvalue weighted by Crippen LogP contribution is 2.48. The number of nitrogens with zero attached hydrogens (tertiary/aromatic N) is 1. The molecule has 0 rings (SSSR count). The van der Waals surface area contributed by atoms with Crippen molar-refractivity contribution in [2.45, 2.75) is 87.4 Å². The predicted molar refractivity (Wildman–Crippen MR) is 126 cm³/mol. The Bertz CT molecular complexity index is 468. The molecule has 30 heavy (non-hydrogen) atoms. The zero-order valence-electron chi connectivity index (χ0n) is 20.0. The van der Waals surface area contributed by atoms with Crippen molar-refractivity contribution >= 4 is 18.3 Å². The zero-order chi connectivity index (χ0) is 23.7. The molecular formula is C20H47NO7Si2. The number of hydrogen-bond donors (Lipinski definition) is 6. The van der Waals surface area contributed by atoms with Crippen molar-refractivity contribution in [1.82, 2.24) is 4.90 Å². The fourth-order valence-electron chi connectivity index (χ4n) is 3.42. The largest absolute Gasteiger partial charge is 0.394 e. The first kappa shape index (κ1) is 30.1. The first-order chi connectivity index (χ1) is 13.7. The third-order valence-corrected chi connectivity index (χ3v) is 14.6. The lowest BCUT2D eigenvalue weighted by Gasteiger charge is -2.43. The molecule has 8 nitrogen and oxygen atoms in total. The summed E-state index contributed by atoms with van der Waals surface area (Å²) in [5, 5.41) is 58.2. The van der Waals surface area contributed by atoms with Gasteiger partial charge in [-0.05, 0) is 18.5 Å². The van der Waals surface area contributed by atoms with E-state index in [1.54, 1.807) is 11.9 Å². The molecule has 0 radical (unpaired) electrons. The molecule has 182 valence electrons. The topological polar surface area (TPSA) is 134 Å². The maximum Gasteiger partial charge on any atom is 0.111 e. The lowest BCUT2D eigenvalue weighted by molar-refractivity contribution is -0.119. The summed E-state index contributed by atoms with van der Waals surface area (Å²) in [5.41, 5.74) is 0.777. The van der Waals surface area contributed by atoms with Crippen LogP contribution in [0, 0.1) is 0 Å². The molecule has 6 atom stereocenters. The van der Waals surface area contributed by atoms with Gasteiger partial charge in [0.1, 0.15) is 18.3 Å². The second-order valence-electron chi connectivity index (χ2n) is 10.1. The number of aliphatic hydroxyl groups excluding tert-OH is 6. The molecule has 0 aliphatic carbocycles. The van der Waals surface area contributed by atoms with Crippen LogP contribution in [0.3, 0.4) is 0 Å². The molecule has 0 spiro atoms. The molecule has 0 aromatic heterocycles. The minimum absolute atomic E-state index is 0.0131. The standard InChI is InChI=1S/C20H47NO7Si2/c1-14(29)20(2,3)30(5,6)9-7-8-28-13-15(23)10-21(4)11-16(24)18(26)19(27)17(25)12-22/h14-19,22-27H,7-13H2,1-6,29H3. The Hall–Kier alpha value is 0.114. The number of likely N-dealkylation sites (N-methyl/N-ethyl adjacent to an activating group) is 1. The van der Waals surface area contributed by atoms with Gasteiger partial charge in [-0.2, -0.15) is 0 Å². The maximum atomic E-state index is 10.1. The maximum absolute atomic E-state index is 10.1. The van der Waals surface area contributed by atoms with Crippen molar-refractivity contribution in [3.63, 3.8) is 0 Å². The predicted octanol–water partition coefficient (Wildman–Crippen LogP) is -1.22. The molecule has 0 saturated heterocycles. The number of rotatable bonds is 16. The van der Waals surface area contributed by atoms with Crippen LogP contribution in [-0.4, -0.2) is 124 Å². The highest BCUT2D eigenvalue weighted by molar-refractivity contribution is 6.80. The minimum Gasteiger partial charge on any atom is -0.394 e. The highest BCUT2D eigenvalue weighted by atomic mass is 28.3. The van der Waals surface area contributed by atoms with Gasteiger partial charge in [0.05, 0.1) is 33.5 Å². The summed E-state index contributed by atoms with van der Waals surface area (Å²) in [5.74, 6) is 0. The van der Waals surface area contributed by atoms with Gasteiger partial charge in [0.25, 0.3) is 0 Å². The van der Waals surface area contributed by atoms with Crippen LogP contribution in [0.5, 0.6) is 0 Å². The van der Waals surface area contributed by atoms with Gasteiger partial charge in [0, 0.05) is 29.9 Å². The monoisotopic (exact) mass is 469 g/mol. The van der Waals surface area contributed by atoms with Crippen LogP contribution in [0.4, 0.5) is 0 Å². The van der Waals surface area contributed by atoms with Crippen molar-refractivity contribution < 1.29 is 35.4 Å². The van der Waals surface area contributed by atoms with Crippen LogP contribution < -0.4 is 0 Å². The first-order valence-electron chi connectivity index (χ1n) is 10.9. The molecular weight excluding hydrogens is 422 g/mol. The van der Waals surface area contributed by atoms with E-state index in [0.717, 1.165) is 12.0 Å². The van der Waals surface area contributed by atoms with E-state index >= 15 is 0 Å². The Morgan fingerprint density at radius 3 is 2.03 bits per heavy atom. The third-order valence-electron chi connectivity index (χ3n) is 6.93. The van der Waals surface area contributed by atoms with Gasteiger partial charge < -0.3 is 40.3 Å². The van der Waals surface area contributed by atoms with Crippen LogP contribution in [-0.2, 0) is 4.74 Å². The molecule has 6 unspecified atom stereocenters. The van der Waals surface area contributed by atoms with Gasteiger partial charge in [-0.25, -0.2) is 0 Å². The Morgan fingerprint density at radius 2 is 1.53 bits per heavy atom. The van der Waals surface area contributed by atoms with Crippen LogP contribution >= 0.6 is 0 Å². The fourth-order valence-corrected chi connectivity index (χ4v) is 9.00. The molecule has 10 heteroatoms. The van der Waals surface area contributed by atoms with E-state index in [0.29, 0.717) is 11.6 Å².